The molecule has 120 valence electrons. The van der Waals surface area contributed by atoms with Gasteiger partial charge in [-0.3, -0.25) is 4.21 Å². The summed E-state index contributed by atoms with van der Waals surface area (Å²) in [5.74, 6) is 0.991. The van der Waals surface area contributed by atoms with Crippen molar-refractivity contribution in [3.8, 4) is 11.8 Å². The maximum absolute atomic E-state index is 11.4. The monoisotopic (exact) mass is 348 g/mol. The molecule has 0 unspecified atom stereocenters. The maximum Gasteiger partial charge on any atom is 0.136 e. The molecule has 0 fully saturated rings. The summed E-state index contributed by atoms with van der Waals surface area (Å²) in [6.07, 6.45) is 1.65. The second kappa shape index (κ2) is 8.00. The van der Waals surface area contributed by atoms with Gasteiger partial charge < -0.3 is 10.1 Å². The first-order chi connectivity index (χ1) is 11.0. The van der Waals surface area contributed by atoms with Crippen LogP contribution in [0.25, 0.3) is 0 Å². The van der Waals surface area contributed by atoms with Gasteiger partial charge in [-0.05, 0) is 41.5 Å². The van der Waals surface area contributed by atoms with Gasteiger partial charge in [0.25, 0.3) is 0 Å². The quantitative estimate of drug-likeness (QED) is 0.864. The van der Waals surface area contributed by atoms with Gasteiger partial charge in [-0.25, -0.2) is 0 Å². The van der Waals surface area contributed by atoms with Gasteiger partial charge in [0.1, 0.15) is 11.8 Å². The van der Waals surface area contributed by atoms with Crippen molar-refractivity contribution in [2.24, 2.45) is 0 Å². The van der Waals surface area contributed by atoms with E-state index >= 15 is 0 Å². The van der Waals surface area contributed by atoms with Gasteiger partial charge in [-0.2, -0.15) is 5.26 Å². The highest BCUT2D eigenvalue weighted by atomic mass is 35.5. The first-order valence-corrected chi connectivity index (χ1v) is 9.03. The van der Waals surface area contributed by atoms with Crippen LogP contribution in [0.1, 0.15) is 16.7 Å². The Morgan fingerprint density at radius 2 is 2.09 bits per heavy atom. The minimum atomic E-state index is -0.945. The Labute approximate surface area is 143 Å². The number of nitrogens with zero attached hydrogens (tertiary/aromatic N) is 1. The smallest absolute Gasteiger partial charge is 0.136 e. The van der Waals surface area contributed by atoms with Crippen molar-refractivity contribution in [2.45, 2.75) is 12.3 Å². The number of ether oxygens (including phenoxy) is 1. The Morgan fingerprint density at radius 3 is 2.74 bits per heavy atom. The molecule has 1 N–H and O–H groups in total. The van der Waals surface area contributed by atoms with Crippen LogP contribution in [-0.2, 0) is 23.1 Å². The van der Waals surface area contributed by atoms with E-state index in [0.717, 1.165) is 16.8 Å². The Morgan fingerprint density at radius 1 is 1.30 bits per heavy atom. The van der Waals surface area contributed by atoms with Crippen molar-refractivity contribution in [2.75, 3.05) is 18.7 Å². The molecule has 2 aromatic carbocycles. The van der Waals surface area contributed by atoms with Crippen molar-refractivity contribution < 1.29 is 8.95 Å². The first-order valence-electron chi connectivity index (χ1n) is 6.93. The topological polar surface area (TPSA) is 62.1 Å². The van der Waals surface area contributed by atoms with Crippen molar-refractivity contribution >= 4 is 28.1 Å². The number of anilines is 1. The molecule has 0 spiro atoms. The van der Waals surface area contributed by atoms with Crippen LogP contribution in [0.15, 0.2) is 36.4 Å². The minimum Gasteiger partial charge on any atom is -0.495 e. The minimum absolute atomic E-state index is 0.426. The van der Waals surface area contributed by atoms with Crippen LogP contribution >= 0.6 is 11.6 Å². The number of rotatable bonds is 6. The van der Waals surface area contributed by atoms with E-state index < -0.39 is 10.8 Å². The lowest BCUT2D eigenvalue weighted by molar-refractivity contribution is 0.413. The number of nitriles is 1. The van der Waals surface area contributed by atoms with Crippen LogP contribution in [0.3, 0.4) is 0 Å². The lowest BCUT2D eigenvalue weighted by atomic mass is 10.1. The number of benzene rings is 2. The van der Waals surface area contributed by atoms with Crippen LogP contribution in [-0.4, -0.2) is 17.6 Å². The molecule has 0 saturated heterocycles. The highest BCUT2D eigenvalue weighted by molar-refractivity contribution is 7.83. The zero-order valence-electron chi connectivity index (χ0n) is 12.9. The second-order valence-electron chi connectivity index (χ2n) is 5.02. The highest BCUT2D eigenvalue weighted by Crippen LogP contribution is 2.23. The Balaban J connectivity index is 2.12. The van der Waals surface area contributed by atoms with Gasteiger partial charge in [-0.1, -0.05) is 17.7 Å². The molecule has 4 nitrogen and oxygen atoms in total. The number of methoxy groups -OCH3 is 1. The first kappa shape index (κ1) is 17.3. The van der Waals surface area contributed by atoms with Crippen LogP contribution in [0.2, 0.25) is 5.02 Å². The van der Waals surface area contributed by atoms with E-state index in [1.807, 2.05) is 18.2 Å². The van der Waals surface area contributed by atoms with E-state index in [1.165, 1.54) is 0 Å². The van der Waals surface area contributed by atoms with E-state index in [2.05, 4.69) is 11.4 Å². The molecule has 1 atom stereocenters. The Hall–Kier alpha value is -2.03. The summed E-state index contributed by atoms with van der Waals surface area (Å²) in [7, 11) is 0.597. The summed E-state index contributed by atoms with van der Waals surface area (Å²) in [6, 6.07) is 13.2. The van der Waals surface area contributed by atoms with E-state index in [9.17, 15) is 4.21 Å². The summed E-state index contributed by atoms with van der Waals surface area (Å²) >= 11 is 6.12. The van der Waals surface area contributed by atoms with Crippen LogP contribution < -0.4 is 10.1 Å². The Bertz CT molecular complexity index is 772. The van der Waals surface area contributed by atoms with Crippen molar-refractivity contribution in [3.05, 3.63) is 58.1 Å². The lowest BCUT2D eigenvalue weighted by Crippen LogP contribution is -2.02. The van der Waals surface area contributed by atoms with Gasteiger partial charge in [0, 0.05) is 40.1 Å². The molecule has 0 heterocycles. The average Bonchev–Trinajstić information content (AvgIpc) is 2.54. The molecule has 0 aliphatic heterocycles. The normalized spacial score (nSPS) is 11.6. The van der Waals surface area contributed by atoms with Gasteiger partial charge in [0.2, 0.25) is 0 Å². The summed E-state index contributed by atoms with van der Waals surface area (Å²) in [4.78, 5) is 0. The molecule has 0 aliphatic carbocycles. The third kappa shape index (κ3) is 4.72. The van der Waals surface area contributed by atoms with Gasteiger partial charge in [0.05, 0.1) is 12.7 Å². The van der Waals surface area contributed by atoms with E-state index in [4.69, 9.17) is 21.6 Å². The predicted octanol–water partition coefficient (Wildman–Crippen LogP) is 3.71. The molecule has 6 heteroatoms. The molecular weight excluding hydrogens is 332 g/mol. The summed E-state index contributed by atoms with van der Waals surface area (Å²) in [5, 5.41) is 13.0. The van der Waals surface area contributed by atoms with Gasteiger partial charge in [0.15, 0.2) is 0 Å². The zero-order chi connectivity index (χ0) is 16.8. The summed E-state index contributed by atoms with van der Waals surface area (Å²) in [6.45, 7) is 0.564. The maximum atomic E-state index is 11.4. The molecule has 0 bridgehead atoms. The predicted molar refractivity (Wildman–Crippen MR) is 94.3 cm³/mol. The Kier molecular flexibility index (Phi) is 6.03. The lowest BCUT2D eigenvalue weighted by Gasteiger charge is -2.11. The van der Waals surface area contributed by atoms with Crippen molar-refractivity contribution in [1.29, 1.82) is 5.26 Å². The number of halogens is 1. The third-order valence-electron chi connectivity index (χ3n) is 3.29. The van der Waals surface area contributed by atoms with Crippen LogP contribution in [0.4, 0.5) is 5.69 Å². The highest BCUT2D eigenvalue weighted by Gasteiger charge is 2.06. The number of hydrogen-bond acceptors (Lipinski definition) is 4. The second-order valence-corrected chi connectivity index (χ2v) is 6.87. The fourth-order valence-electron chi connectivity index (χ4n) is 2.17. The number of hydrogen-bond donors (Lipinski definition) is 1. The van der Waals surface area contributed by atoms with Crippen molar-refractivity contribution in [1.82, 2.24) is 0 Å². The average molecular weight is 349 g/mol. The van der Waals surface area contributed by atoms with Crippen LogP contribution in [0, 0.1) is 11.3 Å². The van der Waals surface area contributed by atoms with E-state index in [1.54, 1.807) is 31.6 Å². The molecule has 0 aromatic heterocycles. The largest absolute Gasteiger partial charge is 0.495 e. The van der Waals surface area contributed by atoms with Crippen LogP contribution in [0.5, 0.6) is 5.75 Å². The molecule has 2 aromatic rings. The number of nitrogens with one attached hydrogen (secondary N) is 1. The fraction of sp³-hybridized carbons (Fsp3) is 0.235. The standard InChI is InChI=1S/C17H17ClN2O2S/c1-22-17-6-3-12(7-13(17)9-19)10-20-15-4-5-16(18)14(8-15)11-23(2)21/h3-8,20H,10-11H2,1-2H3/t23-/m0/s1. The third-order valence-corrected chi connectivity index (χ3v) is 4.37. The molecule has 0 aliphatic rings. The molecular formula is C17H17ClN2O2S. The van der Waals surface area contributed by atoms with E-state index in [-0.39, 0.29) is 0 Å². The van der Waals surface area contributed by atoms with Gasteiger partial charge in [-0.15, -0.1) is 0 Å². The molecule has 0 amide bonds. The summed E-state index contributed by atoms with van der Waals surface area (Å²) in [5.41, 5.74) is 3.22. The fourth-order valence-corrected chi connectivity index (χ4v) is 3.11. The summed E-state index contributed by atoms with van der Waals surface area (Å²) < 4.78 is 16.5. The zero-order valence-corrected chi connectivity index (χ0v) is 14.5. The molecule has 23 heavy (non-hydrogen) atoms. The van der Waals surface area contributed by atoms with E-state index in [0.29, 0.717) is 28.6 Å². The van der Waals surface area contributed by atoms with Gasteiger partial charge >= 0.3 is 0 Å². The van der Waals surface area contributed by atoms with Crippen molar-refractivity contribution in [3.63, 3.8) is 0 Å². The SMILES string of the molecule is COc1ccc(CNc2ccc(Cl)c(C[S@](C)=O)c2)cc1C#N. The molecule has 0 saturated carbocycles. The molecule has 2 rings (SSSR count). The molecule has 0 radical (unpaired) electrons.